The Morgan fingerprint density at radius 1 is 1.08 bits per heavy atom. The zero-order valence-corrected chi connectivity index (χ0v) is 16.8. The number of rotatable bonds is 3. The van der Waals surface area contributed by atoms with E-state index in [1.807, 2.05) is 0 Å². The molecule has 0 spiro atoms. The first kappa shape index (κ1) is 19.9. The second kappa shape index (κ2) is 7.88. The van der Waals surface area contributed by atoms with Gasteiger partial charge in [-0.05, 0) is 62.9 Å². The number of benzene rings is 1. The van der Waals surface area contributed by atoms with Crippen LogP contribution in [0.1, 0.15) is 64.8 Å². The van der Waals surface area contributed by atoms with Crippen LogP contribution < -0.4 is 0 Å². The van der Waals surface area contributed by atoms with Crippen molar-refractivity contribution in [3.8, 4) is 11.5 Å². The number of hydrogen-bond donors (Lipinski definition) is 0. The molecule has 0 aliphatic carbocycles. The average molecular weight is 364 g/mol. The first-order chi connectivity index (χ1) is 11.3. The van der Waals surface area contributed by atoms with Crippen LogP contribution in [0.15, 0.2) is 28.8 Å². The van der Waals surface area contributed by atoms with E-state index >= 15 is 0 Å². The van der Waals surface area contributed by atoms with Crippen molar-refractivity contribution >= 4 is 12.4 Å². The predicted molar refractivity (Wildman–Crippen MR) is 104 cm³/mol. The first-order valence-electron chi connectivity index (χ1n) is 9.03. The third kappa shape index (κ3) is 4.62. The molecular weight excluding hydrogens is 334 g/mol. The van der Waals surface area contributed by atoms with Gasteiger partial charge in [0, 0.05) is 17.5 Å². The number of piperidine rings is 1. The molecule has 5 heteroatoms. The van der Waals surface area contributed by atoms with E-state index < -0.39 is 0 Å². The molecule has 3 rings (SSSR count). The normalized spacial score (nSPS) is 16.9. The number of halogens is 1. The highest BCUT2D eigenvalue weighted by Gasteiger charge is 2.26. The molecule has 0 saturated carbocycles. The zero-order chi connectivity index (χ0) is 17.3. The van der Waals surface area contributed by atoms with Crippen LogP contribution in [-0.2, 0) is 5.41 Å². The standard InChI is InChI=1S/C20H29N3O.ClH/c1-14(2)23-12-10-15(11-13-23)18-21-19(24-22-18)16-6-8-17(9-7-16)20(3,4)5;/h6-9,14-15H,10-13H2,1-5H3;1H. The van der Waals surface area contributed by atoms with Crippen LogP contribution in [0.4, 0.5) is 0 Å². The second-order valence-corrected chi connectivity index (χ2v) is 8.19. The molecule has 0 atom stereocenters. The van der Waals surface area contributed by atoms with Crippen molar-refractivity contribution < 1.29 is 4.52 Å². The fourth-order valence-electron chi connectivity index (χ4n) is 3.30. The van der Waals surface area contributed by atoms with E-state index in [-0.39, 0.29) is 17.8 Å². The molecule has 0 bridgehead atoms. The Balaban J connectivity index is 0.00000225. The Labute approximate surface area is 157 Å². The Kier molecular flexibility index (Phi) is 6.28. The van der Waals surface area contributed by atoms with E-state index in [1.54, 1.807) is 0 Å². The molecule has 0 N–H and O–H groups in total. The summed E-state index contributed by atoms with van der Waals surface area (Å²) in [4.78, 5) is 7.19. The minimum atomic E-state index is 0. The van der Waals surface area contributed by atoms with Gasteiger partial charge < -0.3 is 9.42 Å². The molecule has 1 fully saturated rings. The summed E-state index contributed by atoms with van der Waals surface area (Å²) in [5, 5.41) is 4.25. The summed E-state index contributed by atoms with van der Waals surface area (Å²) in [6, 6.07) is 9.09. The molecule has 2 aromatic rings. The van der Waals surface area contributed by atoms with Crippen LogP contribution in [0, 0.1) is 0 Å². The maximum absolute atomic E-state index is 5.53. The molecule has 1 aliphatic rings. The molecule has 0 amide bonds. The van der Waals surface area contributed by atoms with Gasteiger partial charge in [0.25, 0.3) is 5.89 Å². The summed E-state index contributed by atoms with van der Waals surface area (Å²) in [5.74, 6) is 1.93. The van der Waals surface area contributed by atoms with E-state index in [2.05, 4.69) is 73.9 Å². The van der Waals surface area contributed by atoms with Gasteiger partial charge in [0.05, 0.1) is 0 Å². The molecule has 138 valence electrons. The van der Waals surface area contributed by atoms with Gasteiger partial charge in [-0.15, -0.1) is 12.4 Å². The number of nitrogens with zero attached hydrogens (tertiary/aromatic N) is 3. The van der Waals surface area contributed by atoms with Gasteiger partial charge in [-0.25, -0.2) is 0 Å². The lowest BCUT2D eigenvalue weighted by atomic mass is 9.87. The third-order valence-electron chi connectivity index (χ3n) is 5.06. The lowest BCUT2D eigenvalue weighted by molar-refractivity contribution is 0.168. The highest BCUT2D eigenvalue weighted by atomic mass is 35.5. The van der Waals surface area contributed by atoms with Gasteiger partial charge in [0.2, 0.25) is 0 Å². The number of aromatic nitrogens is 2. The van der Waals surface area contributed by atoms with E-state index in [0.29, 0.717) is 17.9 Å². The molecule has 1 saturated heterocycles. The lowest BCUT2D eigenvalue weighted by Crippen LogP contribution is -2.38. The first-order valence-corrected chi connectivity index (χ1v) is 9.03. The molecule has 25 heavy (non-hydrogen) atoms. The predicted octanol–water partition coefficient (Wildman–Crippen LogP) is 5.04. The summed E-state index contributed by atoms with van der Waals surface area (Å²) in [7, 11) is 0. The van der Waals surface area contributed by atoms with Gasteiger partial charge in [0.15, 0.2) is 5.82 Å². The fourth-order valence-corrected chi connectivity index (χ4v) is 3.30. The lowest BCUT2D eigenvalue weighted by Gasteiger charge is -2.33. The van der Waals surface area contributed by atoms with Gasteiger partial charge >= 0.3 is 0 Å². The molecule has 4 nitrogen and oxygen atoms in total. The van der Waals surface area contributed by atoms with Crippen LogP contribution in [0.5, 0.6) is 0 Å². The third-order valence-corrected chi connectivity index (χ3v) is 5.06. The van der Waals surface area contributed by atoms with E-state index in [1.165, 1.54) is 5.56 Å². The molecule has 1 aromatic heterocycles. The van der Waals surface area contributed by atoms with Gasteiger partial charge in [-0.2, -0.15) is 4.98 Å². The van der Waals surface area contributed by atoms with Crippen molar-refractivity contribution in [2.24, 2.45) is 0 Å². The van der Waals surface area contributed by atoms with Crippen LogP contribution >= 0.6 is 12.4 Å². The minimum absolute atomic E-state index is 0. The van der Waals surface area contributed by atoms with Gasteiger partial charge in [-0.3, -0.25) is 0 Å². The van der Waals surface area contributed by atoms with E-state index in [0.717, 1.165) is 37.3 Å². The minimum Gasteiger partial charge on any atom is -0.334 e. The summed E-state index contributed by atoms with van der Waals surface area (Å²) >= 11 is 0. The maximum Gasteiger partial charge on any atom is 0.257 e. The van der Waals surface area contributed by atoms with E-state index in [9.17, 15) is 0 Å². The topological polar surface area (TPSA) is 42.2 Å². The summed E-state index contributed by atoms with van der Waals surface area (Å²) in [6.07, 6.45) is 2.22. The average Bonchev–Trinajstić information content (AvgIpc) is 3.04. The van der Waals surface area contributed by atoms with Crippen LogP contribution in [-0.4, -0.2) is 34.2 Å². The zero-order valence-electron chi connectivity index (χ0n) is 16.0. The molecule has 0 radical (unpaired) electrons. The molecule has 1 aromatic carbocycles. The van der Waals surface area contributed by atoms with Crippen molar-refractivity contribution in [3.05, 3.63) is 35.7 Å². The quantitative estimate of drug-likeness (QED) is 0.765. The monoisotopic (exact) mass is 363 g/mol. The van der Waals surface area contributed by atoms with Crippen molar-refractivity contribution in [1.29, 1.82) is 0 Å². The fraction of sp³-hybridized carbons (Fsp3) is 0.600. The highest BCUT2D eigenvalue weighted by Crippen LogP contribution is 2.29. The molecule has 0 unspecified atom stereocenters. The van der Waals surface area contributed by atoms with Crippen molar-refractivity contribution in [2.45, 2.75) is 64.8 Å². The Morgan fingerprint density at radius 2 is 1.68 bits per heavy atom. The largest absolute Gasteiger partial charge is 0.334 e. The Hall–Kier alpha value is -1.39. The summed E-state index contributed by atoms with van der Waals surface area (Å²) in [5.41, 5.74) is 2.47. The molecule has 1 aliphatic heterocycles. The van der Waals surface area contributed by atoms with E-state index in [4.69, 9.17) is 4.52 Å². The SMILES string of the molecule is CC(C)N1CCC(c2noc(-c3ccc(C(C)(C)C)cc3)n2)CC1.Cl. The van der Waals surface area contributed by atoms with Crippen molar-refractivity contribution in [1.82, 2.24) is 15.0 Å². The van der Waals surface area contributed by atoms with Gasteiger partial charge in [-0.1, -0.05) is 38.1 Å². The van der Waals surface area contributed by atoms with Crippen molar-refractivity contribution in [2.75, 3.05) is 13.1 Å². The van der Waals surface area contributed by atoms with Crippen LogP contribution in [0.3, 0.4) is 0 Å². The van der Waals surface area contributed by atoms with Crippen LogP contribution in [0.25, 0.3) is 11.5 Å². The Morgan fingerprint density at radius 3 is 2.20 bits per heavy atom. The smallest absolute Gasteiger partial charge is 0.257 e. The highest BCUT2D eigenvalue weighted by molar-refractivity contribution is 5.85. The van der Waals surface area contributed by atoms with Gasteiger partial charge in [0.1, 0.15) is 0 Å². The summed E-state index contributed by atoms with van der Waals surface area (Å²) < 4.78 is 5.53. The molecular formula is C20H30ClN3O. The number of hydrogen-bond acceptors (Lipinski definition) is 4. The second-order valence-electron chi connectivity index (χ2n) is 8.19. The van der Waals surface area contributed by atoms with Crippen LogP contribution in [0.2, 0.25) is 0 Å². The summed E-state index contributed by atoms with van der Waals surface area (Å²) in [6.45, 7) is 13.4. The Bertz CT molecular complexity index is 665. The number of likely N-dealkylation sites (tertiary alicyclic amines) is 1. The molecule has 2 heterocycles. The van der Waals surface area contributed by atoms with Crippen molar-refractivity contribution in [3.63, 3.8) is 0 Å². The maximum atomic E-state index is 5.53.